The molecule has 6 heteroatoms. The fraction of sp³-hybridized carbons (Fsp3) is 0.286. The lowest BCUT2D eigenvalue weighted by molar-refractivity contribution is -0.134. The summed E-state index contributed by atoms with van der Waals surface area (Å²) in [6, 6.07) is 11.8. The SMILES string of the molecule is O=C(COc1ccc(Cl)cc1)N1CCC(c2c[nH]c3cc(F)ccc23)CC1. The number of ether oxygens (including phenoxy) is 1. The van der Waals surface area contributed by atoms with Crippen molar-refractivity contribution in [3.63, 3.8) is 0 Å². The maximum Gasteiger partial charge on any atom is 0.260 e. The third kappa shape index (κ3) is 3.93. The number of nitrogens with zero attached hydrogens (tertiary/aromatic N) is 1. The molecule has 0 unspecified atom stereocenters. The van der Waals surface area contributed by atoms with E-state index in [1.807, 2.05) is 17.2 Å². The lowest BCUT2D eigenvalue weighted by atomic mass is 9.89. The van der Waals surface area contributed by atoms with Crippen LogP contribution in [0.15, 0.2) is 48.7 Å². The van der Waals surface area contributed by atoms with Crippen molar-refractivity contribution in [1.82, 2.24) is 9.88 Å². The van der Waals surface area contributed by atoms with E-state index in [-0.39, 0.29) is 18.3 Å². The van der Waals surface area contributed by atoms with Crippen LogP contribution in [-0.4, -0.2) is 35.5 Å². The van der Waals surface area contributed by atoms with Gasteiger partial charge in [-0.2, -0.15) is 0 Å². The molecule has 1 saturated heterocycles. The zero-order valence-electron chi connectivity index (χ0n) is 14.8. The third-order valence-corrected chi connectivity index (χ3v) is 5.39. The normalized spacial score (nSPS) is 15.3. The molecule has 1 amide bonds. The lowest BCUT2D eigenvalue weighted by Crippen LogP contribution is -2.40. The number of likely N-dealkylation sites (tertiary alicyclic amines) is 1. The Morgan fingerprint density at radius 1 is 1.19 bits per heavy atom. The smallest absolute Gasteiger partial charge is 0.260 e. The molecule has 4 nitrogen and oxygen atoms in total. The summed E-state index contributed by atoms with van der Waals surface area (Å²) in [5, 5.41) is 1.70. The highest BCUT2D eigenvalue weighted by Crippen LogP contribution is 2.33. The molecule has 1 aromatic heterocycles. The van der Waals surface area contributed by atoms with Gasteiger partial charge in [-0.25, -0.2) is 4.39 Å². The zero-order chi connectivity index (χ0) is 18.8. The van der Waals surface area contributed by atoms with E-state index in [0.29, 0.717) is 29.8 Å². The number of benzene rings is 2. The average molecular weight is 387 g/mol. The van der Waals surface area contributed by atoms with Crippen molar-refractivity contribution < 1.29 is 13.9 Å². The molecule has 3 aromatic rings. The molecule has 0 aliphatic carbocycles. The van der Waals surface area contributed by atoms with Crippen LogP contribution in [0.2, 0.25) is 5.02 Å². The van der Waals surface area contributed by atoms with E-state index in [9.17, 15) is 9.18 Å². The minimum absolute atomic E-state index is 0.00982. The summed E-state index contributed by atoms with van der Waals surface area (Å²) in [6.45, 7) is 1.42. The van der Waals surface area contributed by atoms with Gasteiger partial charge in [0.05, 0.1) is 0 Å². The summed E-state index contributed by atoms with van der Waals surface area (Å²) in [6.07, 6.45) is 3.74. The Bertz CT molecular complexity index is 946. The van der Waals surface area contributed by atoms with Crippen LogP contribution in [0.3, 0.4) is 0 Å². The van der Waals surface area contributed by atoms with Gasteiger partial charge >= 0.3 is 0 Å². The number of hydrogen-bond acceptors (Lipinski definition) is 2. The van der Waals surface area contributed by atoms with E-state index in [1.165, 1.54) is 17.7 Å². The molecule has 1 fully saturated rings. The van der Waals surface area contributed by atoms with Crippen molar-refractivity contribution in [3.8, 4) is 5.75 Å². The van der Waals surface area contributed by atoms with Crippen molar-refractivity contribution in [3.05, 3.63) is 65.1 Å². The second-order valence-corrected chi connectivity index (χ2v) is 7.27. The van der Waals surface area contributed by atoms with Crippen molar-refractivity contribution in [2.45, 2.75) is 18.8 Å². The molecule has 0 spiro atoms. The maximum absolute atomic E-state index is 13.4. The van der Waals surface area contributed by atoms with E-state index < -0.39 is 0 Å². The molecule has 1 N–H and O–H groups in total. The highest BCUT2D eigenvalue weighted by Gasteiger charge is 2.25. The van der Waals surface area contributed by atoms with Crippen LogP contribution in [0.25, 0.3) is 10.9 Å². The quantitative estimate of drug-likeness (QED) is 0.703. The Labute approximate surface area is 161 Å². The Hall–Kier alpha value is -2.53. The van der Waals surface area contributed by atoms with Gasteiger partial charge in [0, 0.05) is 35.2 Å². The van der Waals surface area contributed by atoms with E-state index in [2.05, 4.69) is 4.98 Å². The highest BCUT2D eigenvalue weighted by atomic mass is 35.5. The number of carbonyl (C=O) groups is 1. The van der Waals surface area contributed by atoms with Gasteiger partial charge in [-0.3, -0.25) is 4.79 Å². The Morgan fingerprint density at radius 2 is 1.93 bits per heavy atom. The van der Waals surface area contributed by atoms with E-state index in [4.69, 9.17) is 16.3 Å². The number of rotatable bonds is 4. The minimum atomic E-state index is -0.239. The fourth-order valence-electron chi connectivity index (χ4n) is 3.67. The minimum Gasteiger partial charge on any atom is -0.484 e. The van der Waals surface area contributed by atoms with Gasteiger partial charge in [-0.15, -0.1) is 0 Å². The molecule has 4 rings (SSSR count). The monoisotopic (exact) mass is 386 g/mol. The van der Waals surface area contributed by atoms with Gasteiger partial charge < -0.3 is 14.6 Å². The molecule has 0 radical (unpaired) electrons. The standard InChI is InChI=1S/C21H20ClFN2O2/c22-15-1-4-17(5-2-15)27-13-21(26)25-9-7-14(8-10-25)19-12-24-20-11-16(23)3-6-18(19)20/h1-6,11-12,14,24H,7-10,13H2. The molecular formula is C21H20ClFN2O2. The molecule has 27 heavy (non-hydrogen) atoms. The van der Waals surface area contributed by atoms with Gasteiger partial charge in [-0.1, -0.05) is 11.6 Å². The van der Waals surface area contributed by atoms with Crippen LogP contribution in [0.4, 0.5) is 4.39 Å². The topological polar surface area (TPSA) is 45.3 Å². The number of aromatic nitrogens is 1. The van der Waals surface area contributed by atoms with E-state index >= 15 is 0 Å². The molecular weight excluding hydrogens is 367 g/mol. The molecule has 1 aliphatic rings. The van der Waals surface area contributed by atoms with Crippen molar-refractivity contribution in [1.29, 1.82) is 0 Å². The predicted molar refractivity (Wildman–Crippen MR) is 104 cm³/mol. The fourth-order valence-corrected chi connectivity index (χ4v) is 3.79. The number of aromatic amines is 1. The molecule has 0 bridgehead atoms. The van der Waals surface area contributed by atoms with Crippen molar-refractivity contribution >= 4 is 28.4 Å². The molecule has 1 aliphatic heterocycles. The first-order valence-corrected chi connectivity index (χ1v) is 9.40. The maximum atomic E-state index is 13.4. The number of amides is 1. The third-order valence-electron chi connectivity index (χ3n) is 5.14. The van der Waals surface area contributed by atoms with Crippen LogP contribution in [0, 0.1) is 5.82 Å². The highest BCUT2D eigenvalue weighted by molar-refractivity contribution is 6.30. The number of carbonyl (C=O) groups excluding carboxylic acids is 1. The Kier molecular flexibility index (Phi) is 5.03. The van der Waals surface area contributed by atoms with Crippen molar-refractivity contribution in [2.24, 2.45) is 0 Å². The van der Waals surface area contributed by atoms with Gasteiger partial charge in [0.1, 0.15) is 11.6 Å². The summed E-state index contributed by atoms with van der Waals surface area (Å²) in [7, 11) is 0. The van der Waals surface area contributed by atoms with Gasteiger partial charge in [-0.05, 0) is 66.8 Å². The first kappa shape index (κ1) is 17.9. The van der Waals surface area contributed by atoms with Gasteiger partial charge in [0.2, 0.25) is 0 Å². The Morgan fingerprint density at radius 3 is 2.67 bits per heavy atom. The van der Waals surface area contributed by atoms with E-state index in [1.54, 1.807) is 24.3 Å². The second kappa shape index (κ2) is 7.61. The summed E-state index contributed by atoms with van der Waals surface area (Å²) < 4.78 is 18.9. The van der Waals surface area contributed by atoms with Crippen LogP contribution >= 0.6 is 11.6 Å². The van der Waals surface area contributed by atoms with Crippen LogP contribution in [-0.2, 0) is 4.79 Å². The molecule has 2 heterocycles. The first-order chi connectivity index (χ1) is 13.1. The van der Waals surface area contributed by atoms with E-state index in [0.717, 1.165) is 23.7 Å². The number of fused-ring (bicyclic) bond motifs is 1. The number of H-pyrrole nitrogens is 1. The first-order valence-electron chi connectivity index (χ1n) is 9.03. The zero-order valence-corrected chi connectivity index (χ0v) is 15.5. The number of piperidine rings is 1. The van der Waals surface area contributed by atoms with Crippen molar-refractivity contribution in [2.75, 3.05) is 19.7 Å². The molecule has 0 saturated carbocycles. The van der Waals surface area contributed by atoms with Gasteiger partial charge in [0.15, 0.2) is 6.61 Å². The molecule has 140 valence electrons. The predicted octanol–water partition coefficient (Wildman–Crippen LogP) is 4.75. The average Bonchev–Trinajstić information content (AvgIpc) is 3.10. The van der Waals surface area contributed by atoms with Crippen LogP contribution in [0.1, 0.15) is 24.3 Å². The van der Waals surface area contributed by atoms with Crippen LogP contribution in [0.5, 0.6) is 5.75 Å². The summed E-state index contributed by atoms with van der Waals surface area (Å²) >= 11 is 5.84. The number of hydrogen-bond donors (Lipinski definition) is 1. The van der Waals surface area contributed by atoms with Gasteiger partial charge in [0.25, 0.3) is 5.91 Å². The number of halogens is 2. The summed E-state index contributed by atoms with van der Waals surface area (Å²) in [5.41, 5.74) is 2.02. The number of nitrogens with one attached hydrogen (secondary N) is 1. The Balaban J connectivity index is 1.34. The summed E-state index contributed by atoms with van der Waals surface area (Å²) in [4.78, 5) is 17.4. The molecule has 0 atom stereocenters. The largest absolute Gasteiger partial charge is 0.484 e. The second-order valence-electron chi connectivity index (χ2n) is 6.83. The van der Waals surface area contributed by atoms with Crippen LogP contribution < -0.4 is 4.74 Å². The summed E-state index contributed by atoms with van der Waals surface area (Å²) in [5.74, 6) is 0.750. The lowest BCUT2D eigenvalue weighted by Gasteiger charge is -2.32. The molecule has 2 aromatic carbocycles.